The summed E-state index contributed by atoms with van der Waals surface area (Å²) in [7, 11) is 0. The molecule has 0 aliphatic heterocycles. The quantitative estimate of drug-likeness (QED) is 0.568. The number of hydrogen-bond donors (Lipinski definition) is 1. The first-order valence-electron chi connectivity index (χ1n) is 10.8. The van der Waals surface area contributed by atoms with E-state index >= 15 is 0 Å². The lowest BCUT2D eigenvalue weighted by atomic mass is 9.52. The third-order valence-corrected chi connectivity index (χ3v) is 6.76. The summed E-state index contributed by atoms with van der Waals surface area (Å²) in [5.41, 5.74) is 1.14. The highest BCUT2D eigenvalue weighted by atomic mass is 16.6. The average molecular weight is 433 g/mol. The number of carbonyl (C=O) groups is 3. The van der Waals surface area contributed by atoms with Crippen LogP contribution in [0.5, 0.6) is 0 Å². The number of ether oxygens (including phenoxy) is 2. The van der Waals surface area contributed by atoms with Crippen LogP contribution in [0.3, 0.4) is 0 Å². The smallest absolute Gasteiger partial charge is 0.331 e. The summed E-state index contributed by atoms with van der Waals surface area (Å²) in [5, 5.41) is 10.8. The molecule has 2 aliphatic rings. The molecule has 31 heavy (non-hydrogen) atoms. The molecular weight excluding hydrogens is 400 g/mol. The van der Waals surface area contributed by atoms with E-state index in [4.69, 9.17) is 13.9 Å². The predicted octanol–water partition coefficient (Wildman–Crippen LogP) is 3.93. The predicted molar refractivity (Wildman–Crippen MR) is 112 cm³/mol. The van der Waals surface area contributed by atoms with Gasteiger partial charge in [0.2, 0.25) is 5.78 Å². The number of Topliss-reactive ketones (excluding diaryl/α,β-unsaturated/α-hetero) is 1. The Labute approximate surface area is 182 Å². The summed E-state index contributed by atoms with van der Waals surface area (Å²) in [6.07, 6.45) is 0.251. The van der Waals surface area contributed by atoms with E-state index in [1.54, 1.807) is 27.7 Å². The second-order valence-corrected chi connectivity index (χ2v) is 9.67. The molecule has 0 saturated heterocycles. The highest BCUT2D eigenvalue weighted by Gasteiger charge is 2.64. The van der Waals surface area contributed by atoms with Crippen LogP contribution >= 0.6 is 0 Å². The molecule has 6 atom stereocenters. The lowest BCUT2D eigenvalue weighted by Gasteiger charge is -2.55. The van der Waals surface area contributed by atoms with Gasteiger partial charge in [-0.15, -0.1) is 0 Å². The van der Waals surface area contributed by atoms with Crippen LogP contribution in [-0.4, -0.2) is 35.0 Å². The highest BCUT2D eigenvalue weighted by molar-refractivity contribution is 6.00. The minimum absolute atomic E-state index is 0.103. The van der Waals surface area contributed by atoms with Crippen LogP contribution in [-0.2, 0) is 19.1 Å². The van der Waals surface area contributed by atoms with E-state index in [9.17, 15) is 19.5 Å². The Balaban J connectivity index is 2.15. The summed E-state index contributed by atoms with van der Waals surface area (Å²) in [6, 6.07) is 0. The van der Waals surface area contributed by atoms with Crippen molar-refractivity contribution in [3.05, 3.63) is 34.8 Å². The second kappa shape index (κ2) is 8.26. The zero-order chi connectivity index (χ0) is 23.2. The molecule has 3 rings (SSSR count). The first-order chi connectivity index (χ1) is 14.4. The van der Waals surface area contributed by atoms with E-state index < -0.39 is 35.6 Å². The van der Waals surface area contributed by atoms with Gasteiger partial charge in [-0.25, -0.2) is 4.79 Å². The van der Waals surface area contributed by atoms with E-state index in [0.717, 1.165) is 11.1 Å². The molecule has 0 amide bonds. The standard InChI is InChI=1S/C24H32O7/c1-11(2)8-16(26)30-20-15(25)9-14(6)24(7)18(20)19(27)21-17(13(5)10-29-21)22(24)31-23(28)12(3)4/h8,10,12,14-15,18,20,22,25H,9H2,1-7H3/t14-,15-,18-,20+,22-,24-/m1/s1. The SMILES string of the molecule is CC(C)=CC(=O)O[C@H]1[C@H](O)C[C@@H](C)[C@@]2(C)[C@H](OC(=O)C(C)C)c3c(C)coc3C(=O)[C@H]12. The number of aliphatic hydroxyl groups is 1. The van der Waals surface area contributed by atoms with E-state index in [1.165, 1.54) is 12.3 Å². The van der Waals surface area contributed by atoms with Gasteiger partial charge in [0, 0.05) is 17.1 Å². The van der Waals surface area contributed by atoms with Gasteiger partial charge >= 0.3 is 11.9 Å². The van der Waals surface area contributed by atoms with Crippen LogP contribution in [0.15, 0.2) is 22.3 Å². The van der Waals surface area contributed by atoms with Crippen molar-refractivity contribution in [2.75, 3.05) is 0 Å². The Bertz CT molecular complexity index is 920. The van der Waals surface area contributed by atoms with Gasteiger partial charge in [0.05, 0.1) is 24.2 Å². The van der Waals surface area contributed by atoms with Crippen molar-refractivity contribution in [2.45, 2.75) is 73.2 Å². The van der Waals surface area contributed by atoms with Crippen molar-refractivity contribution in [3.8, 4) is 0 Å². The number of fused-ring (bicyclic) bond motifs is 2. The molecule has 0 bridgehead atoms. The summed E-state index contributed by atoms with van der Waals surface area (Å²) >= 11 is 0. The van der Waals surface area contributed by atoms with Crippen molar-refractivity contribution in [1.82, 2.24) is 0 Å². The average Bonchev–Trinajstić information content (AvgIpc) is 3.03. The maximum absolute atomic E-state index is 13.6. The lowest BCUT2D eigenvalue weighted by Crippen LogP contribution is -2.61. The number of allylic oxidation sites excluding steroid dienone is 1. The number of hydrogen-bond acceptors (Lipinski definition) is 7. The van der Waals surface area contributed by atoms with Crippen LogP contribution in [0, 0.1) is 30.1 Å². The van der Waals surface area contributed by atoms with Crippen molar-refractivity contribution in [3.63, 3.8) is 0 Å². The molecule has 1 fully saturated rings. The Morgan fingerprint density at radius 3 is 2.52 bits per heavy atom. The molecule has 7 heteroatoms. The zero-order valence-electron chi connectivity index (χ0n) is 19.2. The summed E-state index contributed by atoms with van der Waals surface area (Å²) in [4.78, 5) is 38.6. The largest absolute Gasteiger partial charge is 0.460 e. The highest BCUT2D eigenvalue weighted by Crippen LogP contribution is 2.60. The van der Waals surface area contributed by atoms with Crippen LogP contribution in [0.2, 0.25) is 0 Å². The second-order valence-electron chi connectivity index (χ2n) is 9.67. The summed E-state index contributed by atoms with van der Waals surface area (Å²) in [6.45, 7) is 12.6. The minimum atomic E-state index is -1.07. The molecule has 2 aliphatic carbocycles. The van der Waals surface area contributed by atoms with E-state index in [1.807, 2.05) is 20.8 Å². The van der Waals surface area contributed by atoms with Gasteiger partial charge in [0.25, 0.3) is 0 Å². The minimum Gasteiger partial charge on any atom is -0.460 e. The van der Waals surface area contributed by atoms with Crippen LogP contribution in [0.4, 0.5) is 0 Å². The van der Waals surface area contributed by atoms with Crippen molar-refractivity contribution >= 4 is 17.7 Å². The zero-order valence-corrected chi connectivity index (χ0v) is 19.2. The van der Waals surface area contributed by atoms with Crippen molar-refractivity contribution in [1.29, 1.82) is 0 Å². The third-order valence-electron chi connectivity index (χ3n) is 6.76. The maximum Gasteiger partial charge on any atom is 0.331 e. The number of aliphatic hydroxyl groups excluding tert-OH is 1. The number of rotatable bonds is 4. The third kappa shape index (κ3) is 3.84. The normalized spacial score (nSPS) is 32.2. The van der Waals surface area contributed by atoms with Gasteiger partial charge in [-0.05, 0) is 38.7 Å². The molecule has 1 saturated carbocycles. The van der Waals surface area contributed by atoms with Crippen molar-refractivity contribution < 1.29 is 33.4 Å². The maximum atomic E-state index is 13.6. The number of aryl methyl sites for hydroxylation is 1. The fourth-order valence-corrected chi connectivity index (χ4v) is 4.90. The summed E-state index contributed by atoms with van der Waals surface area (Å²) in [5.74, 6) is -2.71. The van der Waals surface area contributed by atoms with Gasteiger partial charge in [-0.3, -0.25) is 9.59 Å². The molecule has 1 aromatic rings. The lowest BCUT2D eigenvalue weighted by molar-refractivity contribution is -0.196. The molecule has 0 aromatic carbocycles. The number of furan rings is 1. The molecule has 170 valence electrons. The van der Waals surface area contributed by atoms with Gasteiger partial charge in [-0.2, -0.15) is 0 Å². The molecule has 7 nitrogen and oxygen atoms in total. The first-order valence-corrected chi connectivity index (χ1v) is 10.8. The fourth-order valence-electron chi connectivity index (χ4n) is 4.90. The summed E-state index contributed by atoms with van der Waals surface area (Å²) < 4.78 is 17.2. The Kier molecular flexibility index (Phi) is 6.20. The van der Waals surface area contributed by atoms with Crippen LogP contribution in [0.25, 0.3) is 0 Å². The molecule has 0 unspecified atom stereocenters. The fraction of sp³-hybridized carbons (Fsp3) is 0.625. The Morgan fingerprint density at radius 1 is 1.29 bits per heavy atom. The topological polar surface area (TPSA) is 103 Å². The molecular formula is C24H32O7. The van der Waals surface area contributed by atoms with Gasteiger partial charge in [0.1, 0.15) is 12.2 Å². The van der Waals surface area contributed by atoms with E-state index in [0.29, 0.717) is 12.0 Å². The van der Waals surface area contributed by atoms with Gasteiger partial charge < -0.3 is 19.0 Å². The molecule has 1 N–H and O–H groups in total. The molecule has 1 heterocycles. The molecule has 0 spiro atoms. The number of carbonyl (C=O) groups excluding carboxylic acids is 3. The Morgan fingerprint density at radius 2 is 1.94 bits per heavy atom. The van der Waals surface area contributed by atoms with Crippen molar-refractivity contribution in [2.24, 2.45) is 23.2 Å². The van der Waals surface area contributed by atoms with Crippen LogP contribution in [0.1, 0.15) is 75.7 Å². The van der Waals surface area contributed by atoms with Gasteiger partial charge in [-0.1, -0.05) is 33.3 Å². The van der Waals surface area contributed by atoms with E-state index in [2.05, 4.69) is 0 Å². The van der Waals surface area contributed by atoms with Gasteiger partial charge in [0.15, 0.2) is 5.76 Å². The monoisotopic (exact) mass is 432 g/mol. The first kappa shape index (κ1) is 23.3. The number of ketones is 1. The molecule has 0 radical (unpaired) electrons. The Hall–Kier alpha value is -2.41. The van der Waals surface area contributed by atoms with E-state index in [-0.39, 0.29) is 29.3 Å². The number of esters is 2. The van der Waals surface area contributed by atoms with Crippen LogP contribution < -0.4 is 0 Å². The molecule has 1 aromatic heterocycles.